The van der Waals surface area contributed by atoms with Crippen LogP contribution in [0, 0.1) is 0 Å². The van der Waals surface area contributed by atoms with Gasteiger partial charge in [0.25, 0.3) is 0 Å². The Kier molecular flexibility index (Phi) is 9.99. The van der Waals surface area contributed by atoms with E-state index < -0.39 is 0 Å². The van der Waals surface area contributed by atoms with Crippen molar-refractivity contribution in [2.24, 2.45) is 4.99 Å². The Morgan fingerprint density at radius 3 is 2.88 bits per heavy atom. The fraction of sp³-hybridized carbons (Fsp3) is 0.737. The highest BCUT2D eigenvalue weighted by Crippen LogP contribution is 2.22. The Morgan fingerprint density at radius 1 is 1.42 bits per heavy atom. The van der Waals surface area contributed by atoms with E-state index in [0.29, 0.717) is 6.04 Å². The zero-order valence-electron chi connectivity index (χ0n) is 16.4. The maximum atomic E-state index is 5.80. The number of likely N-dealkylation sites (N-methyl/N-ethyl adjacent to an activating group) is 1. The number of hydrogen-bond donors (Lipinski definition) is 2. The Balaban J connectivity index is 1.71. The van der Waals surface area contributed by atoms with Crippen LogP contribution in [0.3, 0.4) is 0 Å². The Labute approximate surface area is 162 Å². The van der Waals surface area contributed by atoms with Crippen LogP contribution in [-0.2, 0) is 9.47 Å². The maximum absolute atomic E-state index is 5.80. The van der Waals surface area contributed by atoms with Crippen LogP contribution in [0.15, 0.2) is 21.8 Å². The van der Waals surface area contributed by atoms with E-state index in [4.69, 9.17) is 9.47 Å². The number of guanidine groups is 1. The number of nitrogens with zero attached hydrogens (tertiary/aromatic N) is 2. The van der Waals surface area contributed by atoms with Gasteiger partial charge < -0.3 is 20.1 Å². The van der Waals surface area contributed by atoms with Gasteiger partial charge in [-0.3, -0.25) is 9.89 Å². The molecule has 1 aromatic heterocycles. The summed E-state index contributed by atoms with van der Waals surface area (Å²) in [5.41, 5.74) is 1.37. The third-order valence-electron chi connectivity index (χ3n) is 4.72. The predicted molar refractivity (Wildman–Crippen MR) is 109 cm³/mol. The molecule has 0 amide bonds. The number of hydrogen-bond acceptors (Lipinski definition) is 5. The van der Waals surface area contributed by atoms with Crippen LogP contribution in [0.1, 0.15) is 38.3 Å². The molecular formula is C19H34N4O2S. The second-order valence-electron chi connectivity index (χ2n) is 6.38. The van der Waals surface area contributed by atoms with Gasteiger partial charge in [-0.1, -0.05) is 13.8 Å². The van der Waals surface area contributed by atoms with Gasteiger partial charge in [0.2, 0.25) is 0 Å². The Bertz CT molecular complexity index is 500. The topological polar surface area (TPSA) is 58.1 Å². The zero-order valence-corrected chi connectivity index (χ0v) is 17.2. The highest BCUT2D eigenvalue weighted by Gasteiger charge is 2.19. The molecule has 0 saturated carbocycles. The molecule has 0 bridgehead atoms. The highest BCUT2D eigenvalue weighted by atomic mass is 32.1. The van der Waals surface area contributed by atoms with Crippen LogP contribution < -0.4 is 10.6 Å². The van der Waals surface area contributed by atoms with Crippen molar-refractivity contribution in [1.29, 1.82) is 0 Å². The maximum Gasteiger partial charge on any atom is 0.191 e. The summed E-state index contributed by atoms with van der Waals surface area (Å²) >= 11 is 1.75. The molecule has 1 aliphatic rings. The molecule has 148 valence electrons. The van der Waals surface area contributed by atoms with E-state index in [0.717, 1.165) is 64.8 Å². The summed E-state index contributed by atoms with van der Waals surface area (Å²) in [5, 5.41) is 11.3. The number of aliphatic imine (C=N–C) groups is 1. The molecule has 1 aromatic rings. The lowest BCUT2D eigenvalue weighted by Crippen LogP contribution is -2.43. The molecule has 1 fully saturated rings. The SMILES string of the molecule is CCN(CC)C(CNC(=NC)NCCCOC1CCOC1)c1ccsc1. The zero-order chi connectivity index (χ0) is 18.6. The molecular weight excluding hydrogens is 348 g/mol. The molecule has 0 aromatic carbocycles. The van der Waals surface area contributed by atoms with Gasteiger partial charge in [-0.15, -0.1) is 0 Å². The first-order chi connectivity index (χ1) is 12.8. The van der Waals surface area contributed by atoms with Crippen molar-refractivity contribution in [3.05, 3.63) is 22.4 Å². The van der Waals surface area contributed by atoms with E-state index in [1.165, 1.54) is 5.56 Å². The monoisotopic (exact) mass is 382 g/mol. The lowest BCUT2D eigenvalue weighted by Gasteiger charge is -2.30. The quantitative estimate of drug-likeness (QED) is 0.350. The molecule has 0 radical (unpaired) electrons. The summed E-state index contributed by atoms with van der Waals surface area (Å²) in [7, 11) is 1.82. The van der Waals surface area contributed by atoms with E-state index in [9.17, 15) is 0 Å². The van der Waals surface area contributed by atoms with Gasteiger partial charge >= 0.3 is 0 Å². The van der Waals surface area contributed by atoms with Crippen molar-refractivity contribution in [3.8, 4) is 0 Å². The number of ether oxygens (including phenoxy) is 2. The molecule has 2 N–H and O–H groups in total. The third-order valence-corrected chi connectivity index (χ3v) is 5.42. The summed E-state index contributed by atoms with van der Waals surface area (Å²) in [6.45, 7) is 10.5. The largest absolute Gasteiger partial charge is 0.379 e. The van der Waals surface area contributed by atoms with Gasteiger partial charge in [-0.05, 0) is 48.3 Å². The average Bonchev–Trinajstić information content (AvgIpc) is 3.37. The minimum Gasteiger partial charge on any atom is -0.379 e. The first-order valence-electron chi connectivity index (χ1n) is 9.68. The van der Waals surface area contributed by atoms with Gasteiger partial charge in [0.15, 0.2) is 5.96 Å². The predicted octanol–water partition coefficient (Wildman–Crippen LogP) is 2.49. The van der Waals surface area contributed by atoms with Gasteiger partial charge in [0.05, 0.1) is 18.8 Å². The third kappa shape index (κ3) is 6.87. The van der Waals surface area contributed by atoms with Crippen LogP contribution in [0.25, 0.3) is 0 Å². The van der Waals surface area contributed by atoms with Gasteiger partial charge in [-0.25, -0.2) is 0 Å². The summed E-state index contributed by atoms with van der Waals surface area (Å²) in [4.78, 5) is 6.82. The fourth-order valence-corrected chi connectivity index (χ4v) is 3.88. The van der Waals surface area contributed by atoms with Crippen LogP contribution >= 0.6 is 11.3 Å². The molecule has 6 nitrogen and oxygen atoms in total. The number of thiophene rings is 1. The molecule has 26 heavy (non-hydrogen) atoms. The lowest BCUT2D eigenvalue weighted by molar-refractivity contribution is 0.0420. The van der Waals surface area contributed by atoms with Gasteiger partial charge in [-0.2, -0.15) is 11.3 Å². The van der Waals surface area contributed by atoms with Crippen LogP contribution in [0.5, 0.6) is 0 Å². The van der Waals surface area contributed by atoms with Crippen LogP contribution in [-0.4, -0.2) is 70.0 Å². The van der Waals surface area contributed by atoms with E-state index in [-0.39, 0.29) is 6.10 Å². The molecule has 2 unspecified atom stereocenters. The number of nitrogens with one attached hydrogen (secondary N) is 2. The van der Waals surface area contributed by atoms with E-state index in [1.807, 2.05) is 7.05 Å². The van der Waals surface area contributed by atoms with Crippen molar-refractivity contribution < 1.29 is 9.47 Å². The van der Waals surface area contributed by atoms with Crippen molar-refractivity contribution in [1.82, 2.24) is 15.5 Å². The molecule has 1 aliphatic heterocycles. The summed E-state index contributed by atoms with van der Waals surface area (Å²) < 4.78 is 11.1. The Hall–Kier alpha value is -1.15. The van der Waals surface area contributed by atoms with Crippen molar-refractivity contribution in [2.45, 2.75) is 38.8 Å². The minimum absolute atomic E-state index is 0.285. The standard InChI is InChI=1S/C19H34N4O2S/c1-4-23(5-2)18(16-8-12-26-15-16)13-22-19(20-3)21-9-6-10-25-17-7-11-24-14-17/h8,12,15,17-18H,4-7,9-11,13-14H2,1-3H3,(H2,20,21,22). The average molecular weight is 383 g/mol. The summed E-state index contributed by atoms with van der Waals surface area (Å²) in [6.07, 6.45) is 2.26. The van der Waals surface area contributed by atoms with Crippen molar-refractivity contribution in [2.75, 3.05) is 53.0 Å². The second kappa shape index (κ2) is 12.3. The number of rotatable bonds is 11. The van der Waals surface area contributed by atoms with Gasteiger partial charge in [0, 0.05) is 33.4 Å². The molecule has 7 heteroatoms. The summed E-state index contributed by atoms with van der Waals surface area (Å²) in [5.74, 6) is 0.849. The van der Waals surface area contributed by atoms with Crippen molar-refractivity contribution >= 4 is 17.3 Å². The molecule has 0 aliphatic carbocycles. The van der Waals surface area contributed by atoms with Crippen LogP contribution in [0.2, 0.25) is 0 Å². The molecule has 2 rings (SSSR count). The van der Waals surface area contributed by atoms with E-state index >= 15 is 0 Å². The molecule has 2 heterocycles. The first-order valence-corrected chi connectivity index (χ1v) is 10.6. The smallest absolute Gasteiger partial charge is 0.191 e. The molecule has 0 spiro atoms. The summed E-state index contributed by atoms with van der Waals surface area (Å²) in [6, 6.07) is 2.58. The lowest BCUT2D eigenvalue weighted by atomic mass is 10.1. The van der Waals surface area contributed by atoms with Crippen LogP contribution in [0.4, 0.5) is 0 Å². The van der Waals surface area contributed by atoms with Gasteiger partial charge in [0.1, 0.15) is 0 Å². The molecule has 2 atom stereocenters. The minimum atomic E-state index is 0.285. The first kappa shape index (κ1) is 21.2. The molecule has 1 saturated heterocycles. The van der Waals surface area contributed by atoms with Crippen molar-refractivity contribution in [3.63, 3.8) is 0 Å². The second-order valence-corrected chi connectivity index (χ2v) is 7.16. The van der Waals surface area contributed by atoms with E-state index in [1.54, 1.807) is 11.3 Å². The normalized spacial score (nSPS) is 19.1. The van der Waals surface area contributed by atoms with E-state index in [2.05, 4.69) is 51.2 Å². The fourth-order valence-electron chi connectivity index (χ4n) is 3.17. The Morgan fingerprint density at radius 2 is 2.27 bits per heavy atom. The highest BCUT2D eigenvalue weighted by molar-refractivity contribution is 7.07.